The van der Waals surface area contributed by atoms with Crippen LogP contribution < -0.4 is 10.5 Å². The molecule has 2 aromatic carbocycles. The van der Waals surface area contributed by atoms with Gasteiger partial charge in [-0.15, -0.1) is 0 Å². The summed E-state index contributed by atoms with van der Waals surface area (Å²) in [7, 11) is 1.46. The van der Waals surface area contributed by atoms with Crippen molar-refractivity contribution in [2.24, 2.45) is 5.73 Å². The predicted molar refractivity (Wildman–Crippen MR) is 82.5 cm³/mol. The van der Waals surface area contributed by atoms with E-state index in [-0.39, 0.29) is 17.6 Å². The quantitative estimate of drug-likeness (QED) is 0.902. The molecule has 1 atom stereocenters. The van der Waals surface area contributed by atoms with Gasteiger partial charge in [0.05, 0.1) is 7.11 Å². The van der Waals surface area contributed by atoms with Crippen LogP contribution in [0.4, 0.5) is 4.39 Å². The van der Waals surface area contributed by atoms with Gasteiger partial charge in [-0.1, -0.05) is 34.1 Å². The van der Waals surface area contributed by atoms with Gasteiger partial charge in [-0.25, -0.2) is 4.39 Å². The smallest absolute Gasteiger partial charge is 0.165 e. The Balaban J connectivity index is 2.01. The SMILES string of the molecule is COc1ccc(CC(N)Cc2cccc(Br)c2)cc1F. The lowest BCUT2D eigenvalue weighted by molar-refractivity contribution is 0.386. The van der Waals surface area contributed by atoms with Crippen molar-refractivity contribution in [3.63, 3.8) is 0 Å². The Morgan fingerprint density at radius 3 is 2.45 bits per heavy atom. The first-order chi connectivity index (χ1) is 9.58. The van der Waals surface area contributed by atoms with E-state index in [1.54, 1.807) is 6.07 Å². The number of hydrogen-bond acceptors (Lipinski definition) is 2. The molecule has 4 heteroatoms. The summed E-state index contributed by atoms with van der Waals surface area (Å²) in [5.41, 5.74) is 8.19. The van der Waals surface area contributed by atoms with Gasteiger partial charge in [0.15, 0.2) is 11.6 Å². The van der Waals surface area contributed by atoms with Crippen molar-refractivity contribution in [3.8, 4) is 5.75 Å². The van der Waals surface area contributed by atoms with Gasteiger partial charge in [0, 0.05) is 10.5 Å². The summed E-state index contributed by atoms with van der Waals surface area (Å²) in [6.45, 7) is 0. The Bertz CT molecular complexity index is 588. The molecule has 0 aliphatic carbocycles. The fraction of sp³-hybridized carbons (Fsp3) is 0.250. The Labute approximate surface area is 126 Å². The zero-order valence-corrected chi connectivity index (χ0v) is 12.9. The molecule has 0 aromatic heterocycles. The van der Waals surface area contributed by atoms with Gasteiger partial charge < -0.3 is 10.5 Å². The van der Waals surface area contributed by atoms with E-state index in [9.17, 15) is 4.39 Å². The van der Waals surface area contributed by atoms with Gasteiger partial charge in [-0.3, -0.25) is 0 Å². The lowest BCUT2D eigenvalue weighted by Crippen LogP contribution is -2.25. The molecular weight excluding hydrogens is 321 g/mol. The zero-order valence-electron chi connectivity index (χ0n) is 11.3. The summed E-state index contributed by atoms with van der Waals surface area (Å²) >= 11 is 3.44. The monoisotopic (exact) mass is 337 g/mol. The second-order valence-corrected chi connectivity index (χ2v) is 5.68. The number of methoxy groups -OCH3 is 1. The molecule has 0 heterocycles. The van der Waals surface area contributed by atoms with Crippen LogP contribution in [-0.4, -0.2) is 13.2 Å². The largest absolute Gasteiger partial charge is 0.494 e. The molecule has 0 saturated heterocycles. The number of ether oxygens (including phenoxy) is 1. The van der Waals surface area contributed by atoms with Crippen LogP contribution in [0.15, 0.2) is 46.9 Å². The topological polar surface area (TPSA) is 35.2 Å². The van der Waals surface area contributed by atoms with Crippen LogP contribution in [-0.2, 0) is 12.8 Å². The van der Waals surface area contributed by atoms with Gasteiger partial charge in [0.2, 0.25) is 0 Å². The zero-order chi connectivity index (χ0) is 14.5. The molecule has 0 fully saturated rings. The first-order valence-electron chi connectivity index (χ1n) is 6.41. The first-order valence-corrected chi connectivity index (χ1v) is 7.20. The van der Waals surface area contributed by atoms with Crippen LogP contribution in [0.2, 0.25) is 0 Å². The number of benzene rings is 2. The standard InChI is InChI=1S/C16H17BrFNO/c1-20-16-6-5-12(10-15(16)18)9-14(19)8-11-3-2-4-13(17)7-11/h2-7,10,14H,8-9,19H2,1H3. The normalized spacial score (nSPS) is 12.2. The second kappa shape index (κ2) is 6.86. The number of halogens is 2. The van der Waals surface area contributed by atoms with Crippen LogP contribution in [0, 0.1) is 5.82 Å². The molecule has 0 saturated carbocycles. The van der Waals surface area contributed by atoms with E-state index < -0.39 is 0 Å². The van der Waals surface area contributed by atoms with E-state index in [2.05, 4.69) is 22.0 Å². The molecule has 1 unspecified atom stereocenters. The molecule has 0 aliphatic rings. The highest BCUT2D eigenvalue weighted by Gasteiger charge is 2.09. The maximum absolute atomic E-state index is 13.6. The van der Waals surface area contributed by atoms with Crippen molar-refractivity contribution in [3.05, 3.63) is 63.9 Å². The molecule has 2 rings (SSSR count). The van der Waals surface area contributed by atoms with Crippen molar-refractivity contribution in [1.82, 2.24) is 0 Å². The van der Waals surface area contributed by atoms with Crippen molar-refractivity contribution in [1.29, 1.82) is 0 Å². The lowest BCUT2D eigenvalue weighted by Gasteiger charge is -2.13. The fourth-order valence-electron chi connectivity index (χ4n) is 2.18. The van der Waals surface area contributed by atoms with Gasteiger partial charge in [-0.2, -0.15) is 0 Å². The first kappa shape index (κ1) is 15.0. The van der Waals surface area contributed by atoms with Crippen LogP contribution >= 0.6 is 15.9 Å². The third-order valence-corrected chi connectivity index (χ3v) is 3.59. The minimum absolute atomic E-state index is 0.0444. The van der Waals surface area contributed by atoms with E-state index in [4.69, 9.17) is 10.5 Å². The molecule has 2 aromatic rings. The average molecular weight is 338 g/mol. The van der Waals surface area contributed by atoms with E-state index in [1.165, 1.54) is 18.7 Å². The maximum atomic E-state index is 13.6. The minimum Gasteiger partial charge on any atom is -0.494 e. The van der Waals surface area contributed by atoms with Gasteiger partial charge >= 0.3 is 0 Å². The highest BCUT2D eigenvalue weighted by molar-refractivity contribution is 9.10. The molecule has 0 radical (unpaired) electrons. The average Bonchev–Trinajstić information content (AvgIpc) is 2.38. The number of nitrogens with two attached hydrogens (primary N) is 1. The van der Waals surface area contributed by atoms with Crippen LogP contribution in [0.1, 0.15) is 11.1 Å². The summed E-state index contributed by atoms with van der Waals surface area (Å²) in [5.74, 6) is -0.0889. The highest BCUT2D eigenvalue weighted by Crippen LogP contribution is 2.19. The summed E-state index contributed by atoms with van der Waals surface area (Å²) in [5, 5.41) is 0. The van der Waals surface area contributed by atoms with E-state index in [0.717, 1.165) is 16.5 Å². The molecule has 0 aliphatic heterocycles. The van der Waals surface area contributed by atoms with Crippen LogP contribution in [0.5, 0.6) is 5.75 Å². The Kier molecular flexibility index (Phi) is 5.15. The summed E-state index contributed by atoms with van der Waals surface area (Å²) in [6, 6.07) is 13.0. The van der Waals surface area contributed by atoms with Crippen molar-refractivity contribution in [2.45, 2.75) is 18.9 Å². The maximum Gasteiger partial charge on any atom is 0.165 e. The molecule has 2 N–H and O–H groups in total. The minimum atomic E-state index is -0.348. The number of rotatable bonds is 5. The summed E-state index contributed by atoms with van der Waals surface area (Å²) in [4.78, 5) is 0. The summed E-state index contributed by atoms with van der Waals surface area (Å²) < 4.78 is 19.6. The highest BCUT2D eigenvalue weighted by atomic mass is 79.9. The second-order valence-electron chi connectivity index (χ2n) is 4.77. The van der Waals surface area contributed by atoms with Crippen molar-refractivity contribution in [2.75, 3.05) is 7.11 Å². The number of hydrogen-bond donors (Lipinski definition) is 1. The third kappa shape index (κ3) is 4.05. The molecule has 0 spiro atoms. The predicted octanol–water partition coefficient (Wildman–Crippen LogP) is 3.71. The van der Waals surface area contributed by atoms with Gasteiger partial charge in [0.1, 0.15) is 0 Å². The molecular formula is C16H17BrFNO. The van der Waals surface area contributed by atoms with Gasteiger partial charge in [-0.05, 0) is 48.2 Å². The Morgan fingerprint density at radius 1 is 1.15 bits per heavy atom. The molecule has 20 heavy (non-hydrogen) atoms. The fourth-order valence-corrected chi connectivity index (χ4v) is 2.63. The molecule has 2 nitrogen and oxygen atoms in total. The van der Waals surface area contributed by atoms with Crippen LogP contribution in [0.25, 0.3) is 0 Å². The van der Waals surface area contributed by atoms with Crippen LogP contribution in [0.3, 0.4) is 0 Å². The molecule has 106 valence electrons. The molecule has 0 bridgehead atoms. The van der Waals surface area contributed by atoms with Crippen molar-refractivity contribution >= 4 is 15.9 Å². The molecule has 0 amide bonds. The van der Waals surface area contributed by atoms with Crippen molar-refractivity contribution < 1.29 is 9.13 Å². The summed E-state index contributed by atoms with van der Waals surface area (Å²) in [6.07, 6.45) is 1.39. The Morgan fingerprint density at radius 2 is 1.85 bits per heavy atom. The van der Waals surface area contributed by atoms with Gasteiger partial charge in [0.25, 0.3) is 0 Å². The van der Waals surface area contributed by atoms with E-state index in [0.29, 0.717) is 6.42 Å². The third-order valence-electron chi connectivity index (χ3n) is 3.10. The lowest BCUT2D eigenvalue weighted by atomic mass is 9.99. The Hall–Kier alpha value is -1.39. The van der Waals surface area contributed by atoms with E-state index in [1.807, 2.05) is 24.3 Å². The van der Waals surface area contributed by atoms with E-state index >= 15 is 0 Å².